The minimum Gasteiger partial charge on any atom is -0.381 e. The third kappa shape index (κ3) is 6.07. The van der Waals surface area contributed by atoms with E-state index in [2.05, 4.69) is 26.1 Å². The number of hydrogen-bond donors (Lipinski definition) is 1. The van der Waals surface area contributed by atoms with Crippen LogP contribution in [0.5, 0.6) is 0 Å². The first-order chi connectivity index (χ1) is 9.35. The van der Waals surface area contributed by atoms with E-state index in [4.69, 9.17) is 0 Å². The summed E-state index contributed by atoms with van der Waals surface area (Å²) in [7, 11) is 0. The number of para-hydroxylation sites is 1. The molecule has 20 heavy (non-hydrogen) atoms. The normalized spacial score (nSPS) is 14.9. The fraction of sp³-hybridized carbons (Fsp3) is 0.600. The fourth-order valence-corrected chi connectivity index (χ4v) is 2.63. The highest BCUT2D eigenvalue weighted by Crippen LogP contribution is 2.40. The van der Waals surface area contributed by atoms with Gasteiger partial charge in [-0.05, 0) is 42.7 Å². The number of alkyl halides is 3. The second-order valence-corrected chi connectivity index (χ2v) is 6.15. The Labute approximate surface area is 123 Å². The van der Waals surface area contributed by atoms with Gasteiger partial charge in [0.05, 0.1) is 0 Å². The summed E-state index contributed by atoms with van der Waals surface area (Å²) >= 11 is -0.0580. The van der Waals surface area contributed by atoms with Gasteiger partial charge in [0.1, 0.15) is 0 Å². The van der Waals surface area contributed by atoms with Crippen molar-refractivity contribution >= 4 is 17.4 Å². The van der Waals surface area contributed by atoms with E-state index in [0.29, 0.717) is 11.6 Å². The molecule has 1 N–H and O–H groups in total. The molecule has 0 heterocycles. The van der Waals surface area contributed by atoms with Crippen molar-refractivity contribution in [1.82, 2.24) is 0 Å². The van der Waals surface area contributed by atoms with Crippen molar-refractivity contribution in [1.29, 1.82) is 0 Å². The van der Waals surface area contributed by atoms with Crippen LogP contribution in [-0.2, 0) is 0 Å². The van der Waals surface area contributed by atoms with E-state index >= 15 is 0 Å². The molecule has 2 unspecified atom stereocenters. The number of benzene rings is 1. The zero-order valence-corrected chi connectivity index (χ0v) is 12.9. The molecule has 0 saturated carbocycles. The second-order valence-electron chi connectivity index (χ2n) is 5.04. The minimum atomic E-state index is -4.25. The molecular weight excluding hydrogens is 283 g/mol. The predicted octanol–water partition coefficient (Wildman–Crippen LogP) is 5.93. The van der Waals surface area contributed by atoms with Gasteiger partial charge in [0, 0.05) is 16.6 Å². The van der Waals surface area contributed by atoms with Crippen molar-refractivity contribution < 1.29 is 13.2 Å². The van der Waals surface area contributed by atoms with Crippen LogP contribution < -0.4 is 5.32 Å². The Balaban J connectivity index is 2.79. The molecule has 0 saturated heterocycles. The van der Waals surface area contributed by atoms with Crippen LogP contribution in [0.15, 0.2) is 29.2 Å². The lowest BCUT2D eigenvalue weighted by Gasteiger charge is -2.23. The maximum Gasteiger partial charge on any atom is 0.446 e. The van der Waals surface area contributed by atoms with Crippen molar-refractivity contribution in [2.24, 2.45) is 5.92 Å². The third-order valence-corrected chi connectivity index (χ3v) is 4.16. The van der Waals surface area contributed by atoms with Crippen LogP contribution >= 0.6 is 11.8 Å². The summed E-state index contributed by atoms with van der Waals surface area (Å²) < 4.78 is 37.6. The summed E-state index contributed by atoms with van der Waals surface area (Å²) in [5, 5.41) is 3.26. The second kappa shape index (κ2) is 7.81. The number of thioether (sulfide) groups is 1. The zero-order valence-electron chi connectivity index (χ0n) is 12.1. The number of anilines is 1. The van der Waals surface area contributed by atoms with Gasteiger partial charge in [-0.1, -0.05) is 39.3 Å². The van der Waals surface area contributed by atoms with E-state index in [1.807, 2.05) is 0 Å². The molecule has 114 valence electrons. The summed E-state index contributed by atoms with van der Waals surface area (Å²) in [6.07, 6.45) is 2.95. The molecular formula is C15H22F3NS. The topological polar surface area (TPSA) is 12.0 Å². The van der Waals surface area contributed by atoms with Crippen LogP contribution in [0, 0.1) is 5.92 Å². The Morgan fingerprint density at radius 3 is 2.35 bits per heavy atom. The summed E-state index contributed by atoms with van der Waals surface area (Å²) in [6.45, 7) is 6.35. The maximum absolute atomic E-state index is 12.5. The van der Waals surface area contributed by atoms with E-state index in [1.165, 1.54) is 6.07 Å². The van der Waals surface area contributed by atoms with Gasteiger partial charge >= 0.3 is 5.51 Å². The van der Waals surface area contributed by atoms with Gasteiger partial charge in [-0.2, -0.15) is 13.2 Å². The highest BCUT2D eigenvalue weighted by atomic mass is 32.2. The van der Waals surface area contributed by atoms with Gasteiger partial charge in [-0.15, -0.1) is 0 Å². The quantitative estimate of drug-likeness (QED) is 0.627. The molecule has 1 nitrogen and oxygen atoms in total. The van der Waals surface area contributed by atoms with Gasteiger partial charge in [-0.25, -0.2) is 0 Å². The Morgan fingerprint density at radius 2 is 1.80 bits per heavy atom. The molecule has 0 radical (unpaired) electrons. The number of halogens is 3. The lowest BCUT2D eigenvalue weighted by molar-refractivity contribution is -0.0327. The average molecular weight is 305 g/mol. The van der Waals surface area contributed by atoms with Crippen LogP contribution in [0.25, 0.3) is 0 Å². The summed E-state index contributed by atoms with van der Waals surface area (Å²) in [5.41, 5.74) is -3.68. The van der Waals surface area contributed by atoms with Crippen LogP contribution in [-0.4, -0.2) is 11.6 Å². The molecule has 0 aliphatic rings. The van der Waals surface area contributed by atoms with Crippen molar-refractivity contribution in [3.05, 3.63) is 24.3 Å². The SMILES string of the molecule is CCC(C)CC(CC)Nc1ccccc1SC(F)(F)F. The standard InChI is InChI=1S/C15H22F3NS/c1-4-11(3)10-12(5-2)19-13-8-6-7-9-14(13)20-15(16,17)18/h6-9,11-12,19H,4-5,10H2,1-3H3. The molecule has 1 aromatic carbocycles. The Bertz CT molecular complexity index is 406. The van der Waals surface area contributed by atoms with Crippen molar-refractivity contribution in [2.75, 3.05) is 5.32 Å². The average Bonchev–Trinajstić information content (AvgIpc) is 2.38. The third-order valence-electron chi connectivity index (χ3n) is 3.35. The van der Waals surface area contributed by atoms with Crippen molar-refractivity contribution in [2.45, 2.75) is 56.5 Å². The largest absolute Gasteiger partial charge is 0.446 e. The smallest absolute Gasteiger partial charge is 0.381 e. The lowest BCUT2D eigenvalue weighted by atomic mass is 9.97. The first-order valence-corrected chi connectivity index (χ1v) is 7.78. The molecule has 0 bridgehead atoms. The van der Waals surface area contributed by atoms with Gasteiger partial charge in [0.15, 0.2) is 0 Å². The Hall–Kier alpha value is -0.840. The molecule has 5 heteroatoms. The minimum absolute atomic E-state index is 0.0580. The van der Waals surface area contributed by atoms with Crippen LogP contribution in [0.2, 0.25) is 0 Å². The van der Waals surface area contributed by atoms with Crippen LogP contribution in [0.4, 0.5) is 18.9 Å². The monoisotopic (exact) mass is 305 g/mol. The molecule has 0 aliphatic carbocycles. The number of rotatable bonds is 7. The van der Waals surface area contributed by atoms with Crippen molar-refractivity contribution in [3.63, 3.8) is 0 Å². The van der Waals surface area contributed by atoms with Gasteiger partial charge in [-0.3, -0.25) is 0 Å². The highest BCUT2D eigenvalue weighted by molar-refractivity contribution is 8.00. The first kappa shape index (κ1) is 17.2. The van der Waals surface area contributed by atoms with E-state index in [9.17, 15) is 13.2 Å². The first-order valence-electron chi connectivity index (χ1n) is 6.97. The summed E-state index contributed by atoms with van der Waals surface area (Å²) in [4.78, 5) is 0.239. The van der Waals surface area contributed by atoms with E-state index in [0.717, 1.165) is 19.3 Å². The van der Waals surface area contributed by atoms with E-state index < -0.39 is 5.51 Å². The molecule has 0 aromatic heterocycles. The predicted molar refractivity (Wildman–Crippen MR) is 80.1 cm³/mol. The van der Waals surface area contributed by atoms with E-state index in [-0.39, 0.29) is 22.7 Å². The molecule has 0 spiro atoms. The van der Waals surface area contributed by atoms with E-state index in [1.54, 1.807) is 18.2 Å². The molecule has 0 aliphatic heterocycles. The molecule has 1 aromatic rings. The van der Waals surface area contributed by atoms with Crippen LogP contribution in [0.1, 0.15) is 40.0 Å². The molecule has 0 fully saturated rings. The Kier molecular flexibility index (Phi) is 6.72. The summed E-state index contributed by atoms with van der Waals surface area (Å²) in [6, 6.07) is 6.83. The van der Waals surface area contributed by atoms with Crippen LogP contribution in [0.3, 0.4) is 0 Å². The fourth-order valence-electron chi connectivity index (χ4n) is 2.00. The lowest BCUT2D eigenvalue weighted by Crippen LogP contribution is -2.21. The van der Waals surface area contributed by atoms with Gasteiger partial charge in [0.25, 0.3) is 0 Å². The Morgan fingerprint density at radius 1 is 1.15 bits per heavy atom. The number of hydrogen-bond acceptors (Lipinski definition) is 2. The molecule has 1 rings (SSSR count). The summed E-state index contributed by atoms with van der Waals surface area (Å²) in [5.74, 6) is 0.565. The maximum atomic E-state index is 12.5. The highest BCUT2D eigenvalue weighted by Gasteiger charge is 2.30. The molecule has 0 amide bonds. The van der Waals surface area contributed by atoms with Gasteiger partial charge in [0.2, 0.25) is 0 Å². The van der Waals surface area contributed by atoms with Gasteiger partial charge < -0.3 is 5.32 Å². The van der Waals surface area contributed by atoms with Crippen molar-refractivity contribution in [3.8, 4) is 0 Å². The molecule has 2 atom stereocenters. The number of nitrogens with one attached hydrogen (secondary N) is 1. The zero-order chi connectivity index (χ0) is 15.2.